The highest BCUT2D eigenvalue weighted by Gasteiger charge is 2.14. The Morgan fingerprint density at radius 3 is 2.25 bits per heavy atom. The Bertz CT molecular complexity index is 372. The third-order valence-electron chi connectivity index (χ3n) is 3.89. The van der Waals surface area contributed by atoms with Crippen LogP contribution in [0.3, 0.4) is 0 Å². The smallest absolute Gasteiger partial charge is 0.0307 e. The molecule has 3 heteroatoms. The number of rotatable bonds is 8. The standard InChI is InChI=1S/C17H31N3/c1-6-20(15(3)13-19(4)5)12-11-17(18)16-9-7-14(2)8-10-16/h7-10,15,17H,6,11-13,18H2,1-5H3. The van der Waals surface area contributed by atoms with Crippen molar-refractivity contribution >= 4 is 0 Å². The van der Waals surface area contributed by atoms with Gasteiger partial charge in [0.25, 0.3) is 0 Å². The summed E-state index contributed by atoms with van der Waals surface area (Å²) in [6, 6.07) is 9.29. The van der Waals surface area contributed by atoms with Gasteiger partial charge in [0, 0.05) is 25.2 Å². The molecule has 1 aromatic carbocycles. The third kappa shape index (κ3) is 5.61. The van der Waals surface area contributed by atoms with Gasteiger partial charge in [-0.25, -0.2) is 0 Å². The first kappa shape index (κ1) is 17.2. The molecule has 20 heavy (non-hydrogen) atoms. The highest BCUT2D eigenvalue weighted by Crippen LogP contribution is 2.16. The molecule has 0 heterocycles. The molecule has 0 amide bonds. The van der Waals surface area contributed by atoms with Crippen LogP contribution in [-0.2, 0) is 0 Å². The number of aryl methyl sites for hydroxylation is 1. The summed E-state index contributed by atoms with van der Waals surface area (Å²) in [5.41, 5.74) is 8.84. The number of benzene rings is 1. The second-order valence-corrected chi connectivity index (χ2v) is 6.05. The minimum Gasteiger partial charge on any atom is -0.324 e. The van der Waals surface area contributed by atoms with Crippen molar-refractivity contribution in [2.75, 3.05) is 33.7 Å². The third-order valence-corrected chi connectivity index (χ3v) is 3.89. The van der Waals surface area contributed by atoms with E-state index in [2.05, 4.69) is 68.9 Å². The van der Waals surface area contributed by atoms with E-state index in [0.717, 1.165) is 26.1 Å². The van der Waals surface area contributed by atoms with Gasteiger partial charge in [-0.1, -0.05) is 36.8 Å². The Hall–Kier alpha value is -0.900. The van der Waals surface area contributed by atoms with Gasteiger partial charge in [0.1, 0.15) is 0 Å². The molecule has 2 atom stereocenters. The molecule has 2 N–H and O–H groups in total. The van der Waals surface area contributed by atoms with Crippen LogP contribution < -0.4 is 5.73 Å². The average molecular weight is 277 g/mol. The number of nitrogens with two attached hydrogens (primary N) is 1. The minimum absolute atomic E-state index is 0.135. The van der Waals surface area contributed by atoms with Crippen LogP contribution in [0.1, 0.15) is 37.4 Å². The lowest BCUT2D eigenvalue weighted by Gasteiger charge is -2.30. The van der Waals surface area contributed by atoms with Gasteiger partial charge in [-0.2, -0.15) is 0 Å². The van der Waals surface area contributed by atoms with Gasteiger partial charge in [0.2, 0.25) is 0 Å². The van der Waals surface area contributed by atoms with E-state index in [9.17, 15) is 0 Å². The Morgan fingerprint density at radius 1 is 1.15 bits per heavy atom. The zero-order valence-electron chi connectivity index (χ0n) is 13.8. The largest absolute Gasteiger partial charge is 0.324 e. The Balaban J connectivity index is 2.49. The molecule has 0 aromatic heterocycles. The van der Waals surface area contributed by atoms with Crippen LogP contribution in [0.25, 0.3) is 0 Å². The van der Waals surface area contributed by atoms with Crippen LogP contribution in [0.5, 0.6) is 0 Å². The fourth-order valence-electron chi connectivity index (χ4n) is 2.62. The van der Waals surface area contributed by atoms with Crippen LogP contribution in [0.15, 0.2) is 24.3 Å². The number of hydrogen-bond acceptors (Lipinski definition) is 3. The molecule has 0 saturated heterocycles. The fourth-order valence-corrected chi connectivity index (χ4v) is 2.62. The lowest BCUT2D eigenvalue weighted by atomic mass is 10.0. The van der Waals surface area contributed by atoms with E-state index in [0.29, 0.717) is 6.04 Å². The molecule has 0 fully saturated rings. The molecule has 0 aliphatic carbocycles. The van der Waals surface area contributed by atoms with Gasteiger partial charge in [-0.05, 0) is 46.5 Å². The lowest BCUT2D eigenvalue weighted by Crippen LogP contribution is -2.41. The quantitative estimate of drug-likeness (QED) is 0.793. The van der Waals surface area contributed by atoms with E-state index in [4.69, 9.17) is 5.73 Å². The molecule has 1 rings (SSSR count). The van der Waals surface area contributed by atoms with E-state index in [-0.39, 0.29) is 6.04 Å². The summed E-state index contributed by atoms with van der Waals surface area (Å²) in [5.74, 6) is 0. The van der Waals surface area contributed by atoms with Crippen molar-refractivity contribution in [1.29, 1.82) is 0 Å². The summed E-state index contributed by atoms with van der Waals surface area (Å²) in [7, 11) is 4.25. The van der Waals surface area contributed by atoms with Crippen LogP contribution in [0.2, 0.25) is 0 Å². The second kappa shape index (κ2) is 8.40. The molecule has 3 nitrogen and oxygen atoms in total. The van der Waals surface area contributed by atoms with E-state index in [1.165, 1.54) is 11.1 Å². The molecule has 0 aliphatic rings. The first-order chi connectivity index (χ1) is 9.43. The summed E-state index contributed by atoms with van der Waals surface area (Å²) >= 11 is 0. The summed E-state index contributed by atoms with van der Waals surface area (Å²) in [4.78, 5) is 4.75. The lowest BCUT2D eigenvalue weighted by molar-refractivity contribution is 0.176. The van der Waals surface area contributed by atoms with Gasteiger partial charge in [-0.15, -0.1) is 0 Å². The van der Waals surface area contributed by atoms with Gasteiger partial charge in [0.05, 0.1) is 0 Å². The normalized spacial score (nSPS) is 14.8. The summed E-state index contributed by atoms with van der Waals surface area (Å²) in [6.45, 7) is 9.85. The maximum absolute atomic E-state index is 6.31. The molecular weight excluding hydrogens is 246 g/mol. The van der Waals surface area contributed by atoms with E-state index in [1.807, 2.05) is 0 Å². The molecule has 0 aliphatic heterocycles. The van der Waals surface area contributed by atoms with Crippen molar-refractivity contribution in [3.8, 4) is 0 Å². The van der Waals surface area contributed by atoms with E-state index in [1.54, 1.807) is 0 Å². The highest BCUT2D eigenvalue weighted by atomic mass is 15.2. The van der Waals surface area contributed by atoms with E-state index >= 15 is 0 Å². The topological polar surface area (TPSA) is 32.5 Å². The fraction of sp³-hybridized carbons (Fsp3) is 0.647. The second-order valence-electron chi connectivity index (χ2n) is 6.05. The van der Waals surface area contributed by atoms with Crippen molar-refractivity contribution in [3.05, 3.63) is 35.4 Å². The van der Waals surface area contributed by atoms with Crippen molar-refractivity contribution in [1.82, 2.24) is 9.80 Å². The summed E-state index contributed by atoms with van der Waals surface area (Å²) < 4.78 is 0. The van der Waals surface area contributed by atoms with E-state index < -0.39 is 0 Å². The SMILES string of the molecule is CCN(CCC(N)c1ccc(C)cc1)C(C)CN(C)C. The van der Waals surface area contributed by atoms with Crippen LogP contribution >= 0.6 is 0 Å². The van der Waals surface area contributed by atoms with Crippen molar-refractivity contribution in [3.63, 3.8) is 0 Å². The Morgan fingerprint density at radius 2 is 1.75 bits per heavy atom. The number of hydrogen-bond donors (Lipinski definition) is 1. The van der Waals surface area contributed by atoms with Gasteiger partial charge in [-0.3, -0.25) is 4.90 Å². The minimum atomic E-state index is 0.135. The van der Waals surface area contributed by atoms with Gasteiger partial charge in [0.15, 0.2) is 0 Å². The number of likely N-dealkylation sites (N-methyl/N-ethyl adjacent to an activating group) is 2. The molecule has 1 aromatic rings. The predicted octanol–water partition coefficient (Wildman–Crippen LogP) is 2.66. The van der Waals surface area contributed by atoms with Crippen LogP contribution in [0.4, 0.5) is 0 Å². The Labute approximate surface area is 124 Å². The summed E-state index contributed by atoms with van der Waals surface area (Å²) in [6.07, 6.45) is 1.01. The summed E-state index contributed by atoms with van der Waals surface area (Å²) in [5, 5.41) is 0. The molecule has 0 radical (unpaired) electrons. The van der Waals surface area contributed by atoms with Crippen LogP contribution in [0, 0.1) is 6.92 Å². The molecule has 0 saturated carbocycles. The van der Waals surface area contributed by atoms with Crippen molar-refractivity contribution < 1.29 is 0 Å². The number of nitrogens with zero attached hydrogens (tertiary/aromatic N) is 2. The van der Waals surface area contributed by atoms with Gasteiger partial charge < -0.3 is 10.6 Å². The molecule has 0 spiro atoms. The first-order valence-corrected chi connectivity index (χ1v) is 7.65. The molecule has 2 unspecified atom stereocenters. The zero-order valence-corrected chi connectivity index (χ0v) is 13.8. The van der Waals surface area contributed by atoms with Crippen molar-refractivity contribution in [2.24, 2.45) is 5.73 Å². The first-order valence-electron chi connectivity index (χ1n) is 7.65. The van der Waals surface area contributed by atoms with Gasteiger partial charge >= 0.3 is 0 Å². The maximum Gasteiger partial charge on any atom is 0.0307 e. The average Bonchev–Trinajstić information content (AvgIpc) is 2.39. The zero-order chi connectivity index (χ0) is 15.1. The molecular formula is C17H31N3. The Kier molecular flexibility index (Phi) is 7.20. The predicted molar refractivity (Wildman–Crippen MR) is 88.0 cm³/mol. The highest BCUT2D eigenvalue weighted by molar-refractivity contribution is 5.23. The molecule has 114 valence electrons. The monoisotopic (exact) mass is 277 g/mol. The molecule has 0 bridgehead atoms. The maximum atomic E-state index is 6.31. The van der Waals surface area contributed by atoms with Crippen molar-refractivity contribution in [2.45, 2.75) is 39.3 Å². The van der Waals surface area contributed by atoms with Crippen LogP contribution in [-0.4, -0.2) is 49.6 Å².